The number of hydrogen-bond acceptors (Lipinski definition) is 5. The van der Waals surface area contributed by atoms with Gasteiger partial charge in [-0.05, 0) is 16.7 Å². The van der Waals surface area contributed by atoms with Crippen LogP contribution in [0.3, 0.4) is 0 Å². The van der Waals surface area contributed by atoms with Crippen LogP contribution in [-0.2, 0) is 38.8 Å². The van der Waals surface area contributed by atoms with E-state index >= 15 is 0 Å². The fraction of sp³-hybridized carbons (Fsp3) is 0.321. The summed E-state index contributed by atoms with van der Waals surface area (Å²) in [5.74, 6) is 0. The normalized spacial score (nSPS) is 22.2. The number of rotatable bonds is 11. The zero-order chi connectivity index (χ0) is 22.7. The van der Waals surface area contributed by atoms with Crippen molar-refractivity contribution in [2.45, 2.75) is 50.7 Å². The molecule has 1 saturated heterocycles. The molecule has 1 heterocycles. The van der Waals surface area contributed by atoms with Gasteiger partial charge in [0.05, 0.1) is 45.0 Å². The van der Waals surface area contributed by atoms with Crippen LogP contribution in [0.5, 0.6) is 0 Å². The third-order valence-corrected chi connectivity index (χ3v) is 5.66. The lowest BCUT2D eigenvalue weighted by Crippen LogP contribution is -2.39. The number of ether oxygens (including phenoxy) is 4. The summed E-state index contributed by atoms with van der Waals surface area (Å²) >= 11 is 0. The molecule has 0 radical (unpaired) electrons. The minimum atomic E-state index is -0.371. The van der Waals surface area contributed by atoms with E-state index in [1.165, 1.54) is 0 Å². The van der Waals surface area contributed by atoms with Gasteiger partial charge >= 0.3 is 0 Å². The standard InChI is InChI=1S/C28H29NO4/c29-17-16-25-27(31-19-23-12-6-2-7-13-23)28(32-20-24-14-8-3-9-15-24)26(33-25)21-30-18-22-10-4-1-5-11-22/h1-15,25-28H,16,18-21H2/t25?,26-,27+,28+/m1/s1. The van der Waals surface area contributed by atoms with Gasteiger partial charge in [0, 0.05) is 0 Å². The number of benzene rings is 3. The number of hydrogen-bond donors (Lipinski definition) is 0. The first-order valence-electron chi connectivity index (χ1n) is 11.3. The molecule has 1 aliphatic heterocycles. The molecule has 0 saturated carbocycles. The molecule has 0 bridgehead atoms. The van der Waals surface area contributed by atoms with Crippen LogP contribution in [0.1, 0.15) is 23.1 Å². The molecule has 170 valence electrons. The molecule has 1 unspecified atom stereocenters. The summed E-state index contributed by atoms with van der Waals surface area (Å²) in [6.45, 7) is 1.72. The Kier molecular flexibility index (Phi) is 8.62. The van der Waals surface area contributed by atoms with E-state index in [9.17, 15) is 5.26 Å². The highest BCUT2D eigenvalue weighted by molar-refractivity contribution is 5.15. The summed E-state index contributed by atoms with van der Waals surface area (Å²) in [5.41, 5.74) is 3.24. The van der Waals surface area contributed by atoms with Gasteiger partial charge in [-0.15, -0.1) is 0 Å². The molecular formula is C28H29NO4. The Morgan fingerprint density at radius 1 is 0.636 bits per heavy atom. The lowest BCUT2D eigenvalue weighted by molar-refractivity contribution is -0.0898. The van der Waals surface area contributed by atoms with E-state index in [0.29, 0.717) is 26.4 Å². The molecule has 0 aromatic heterocycles. The zero-order valence-electron chi connectivity index (χ0n) is 18.6. The van der Waals surface area contributed by atoms with E-state index in [1.54, 1.807) is 0 Å². The van der Waals surface area contributed by atoms with Crippen LogP contribution in [0, 0.1) is 11.3 Å². The molecule has 3 aromatic rings. The zero-order valence-corrected chi connectivity index (χ0v) is 18.6. The summed E-state index contributed by atoms with van der Waals surface area (Å²) in [6.07, 6.45) is -1.16. The predicted octanol–water partition coefficient (Wildman–Crippen LogP) is 5.06. The quantitative estimate of drug-likeness (QED) is 0.415. The van der Waals surface area contributed by atoms with Crippen molar-refractivity contribution in [1.29, 1.82) is 5.26 Å². The first-order chi connectivity index (χ1) is 16.3. The number of nitrogens with zero attached hydrogens (tertiary/aromatic N) is 1. The van der Waals surface area contributed by atoms with Gasteiger partial charge in [-0.2, -0.15) is 5.26 Å². The molecule has 4 atom stereocenters. The van der Waals surface area contributed by atoms with Gasteiger partial charge in [0.2, 0.25) is 0 Å². The van der Waals surface area contributed by atoms with Gasteiger partial charge in [-0.25, -0.2) is 0 Å². The van der Waals surface area contributed by atoms with Crippen molar-refractivity contribution in [3.63, 3.8) is 0 Å². The minimum absolute atomic E-state index is 0.236. The highest BCUT2D eigenvalue weighted by atomic mass is 16.6. The first kappa shape index (κ1) is 23.2. The lowest BCUT2D eigenvalue weighted by atomic mass is 10.1. The second kappa shape index (κ2) is 12.3. The SMILES string of the molecule is N#CCC1O[C@H](COCc2ccccc2)[C@H](OCc2ccccc2)[C@H]1OCc1ccccc1. The molecule has 5 heteroatoms. The van der Waals surface area contributed by atoms with Crippen LogP contribution in [0.25, 0.3) is 0 Å². The van der Waals surface area contributed by atoms with E-state index in [-0.39, 0.29) is 30.8 Å². The van der Waals surface area contributed by atoms with Crippen molar-refractivity contribution in [3.05, 3.63) is 108 Å². The molecule has 0 N–H and O–H groups in total. The van der Waals surface area contributed by atoms with Crippen LogP contribution >= 0.6 is 0 Å². The van der Waals surface area contributed by atoms with Gasteiger partial charge in [0.25, 0.3) is 0 Å². The van der Waals surface area contributed by atoms with E-state index in [0.717, 1.165) is 16.7 Å². The maximum absolute atomic E-state index is 9.38. The minimum Gasteiger partial charge on any atom is -0.374 e. The third-order valence-electron chi connectivity index (χ3n) is 5.66. The van der Waals surface area contributed by atoms with Crippen molar-refractivity contribution in [2.24, 2.45) is 0 Å². The molecule has 5 nitrogen and oxygen atoms in total. The summed E-state index contributed by atoms with van der Waals surface area (Å²) in [7, 11) is 0. The molecule has 33 heavy (non-hydrogen) atoms. The Balaban J connectivity index is 1.45. The molecule has 3 aromatic carbocycles. The lowest BCUT2D eigenvalue weighted by Gasteiger charge is -2.25. The first-order valence-corrected chi connectivity index (χ1v) is 11.3. The van der Waals surface area contributed by atoms with Gasteiger partial charge in [-0.3, -0.25) is 0 Å². The molecule has 4 rings (SSSR count). The maximum Gasteiger partial charge on any atom is 0.115 e. The van der Waals surface area contributed by atoms with Crippen molar-refractivity contribution >= 4 is 0 Å². The van der Waals surface area contributed by atoms with E-state index in [1.807, 2.05) is 91.0 Å². The van der Waals surface area contributed by atoms with Gasteiger partial charge in [-0.1, -0.05) is 91.0 Å². The van der Waals surface area contributed by atoms with Crippen molar-refractivity contribution in [2.75, 3.05) is 6.61 Å². The molecule has 1 fully saturated rings. The Morgan fingerprint density at radius 3 is 1.58 bits per heavy atom. The fourth-order valence-electron chi connectivity index (χ4n) is 4.00. The van der Waals surface area contributed by atoms with E-state index in [2.05, 4.69) is 6.07 Å². The smallest absolute Gasteiger partial charge is 0.115 e. The second-order valence-corrected chi connectivity index (χ2v) is 8.10. The summed E-state index contributed by atoms with van der Waals surface area (Å²) < 4.78 is 24.9. The molecule has 1 aliphatic rings. The third kappa shape index (κ3) is 6.74. The maximum atomic E-state index is 9.38. The van der Waals surface area contributed by atoms with Gasteiger partial charge in [0.1, 0.15) is 18.3 Å². The average molecular weight is 444 g/mol. The largest absolute Gasteiger partial charge is 0.374 e. The molecule has 0 aliphatic carbocycles. The number of nitriles is 1. The summed E-state index contributed by atoms with van der Waals surface area (Å²) in [5, 5.41) is 9.38. The fourth-order valence-corrected chi connectivity index (χ4v) is 4.00. The highest BCUT2D eigenvalue weighted by Crippen LogP contribution is 2.30. The van der Waals surface area contributed by atoms with Crippen molar-refractivity contribution < 1.29 is 18.9 Å². The van der Waals surface area contributed by atoms with Crippen molar-refractivity contribution in [1.82, 2.24) is 0 Å². The van der Waals surface area contributed by atoms with Gasteiger partial charge < -0.3 is 18.9 Å². The van der Waals surface area contributed by atoms with E-state index in [4.69, 9.17) is 18.9 Å². The topological polar surface area (TPSA) is 60.7 Å². The molecular weight excluding hydrogens is 414 g/mol. The Bertz CT molecular complexity index is 991. The van der Waals surface area contributed by atoms with Gasteiger partial charge in [0.15, 0.2) is 0 Å². The van der Waals surface area contributed by atoms with Crippen molar-refractivity contribution in [3.8, 4) is 6.07 Å². The predicted molar refractivity (Wildman–Crippen MR) is 125 cm³/mol. The molecule has 0 spiro atoms. The average Bonchev–Trinajstić information content (AvgIpc) is 3.19. The van der Waals surface area contributed by atoms with Crippen LogP contribution in [-0.4, -0.2) is 31.0 Å². The Labute approximate surface area is 195 Å². The highest BCUT2D eigenvalue weighted by Gasteiger charge is 2.46. The summed E-state index contributed by atoms with van der Waals surface area (Å²) in [4.78, 5) is 0. The monoisotopic (exact) mass is 443 g/mol. The second-order valence-electron chi connectivity index (χ2n) is 8.10. The van der Waals surface area contributed by atoms with Crippen LogP contribution in [0.2, 0.25) is 0 Å². The van der Waals surface area contributed by atoms with Crippen LogP contribution in [0.4, 0.5) is 0 Å². The van der Waals surface area contributed by atoms with E-state index < -0.39 is 0 Å². The van der Waals surface area contributed by atoms with Crippen LogP contribution < -0.4 is 0 Å². The van der Waals surface area contributed by atoms with Crippen LogP contribution in [0.15, 0.2) is 91.0 Å². The summed E-state index contributed by atoms with van der Waals surface area (Å²) in [6, 6.07) is 32.3. The Morgan fingerprint density at radius 2 is 1.09 bits per heavy atom. The Hall–Kier alpha value is -3.01. The molecule has 0 amide bonds.